The van der Waals surface area contributed by atoms with Gasteiger partial charge in [0.15, 0.2) is 5.78 Å². The van der Waals surface area contributed by atoms with Gasteiger partial charge in [-0.1, -0.05) is 29.3 Å². The summed E-state index contributed by atoms with van der Waals surface area (Å²) in [6.07, 6.45) is 0.440. The fourth-order valence-electron chi connectivity index (χ4n) is 2.62. The van der Waals surface area contributed by atoms with Crippen molar-refractivity contribution in [1.82, 2.24) is 9.78 Å². The van der Waals surface area contributed by atoms with Crippen molar-refractivity contribution < 1.29 is 4.79 Å². The zero-order chi connectivity index (χ0) is 14.2. The Kier molecular flexibility index (Phi) is 3.56. The molecule has 0 fully saturated rings. The number of carbonyl (C=O) groups is 1. The molecule has 2 rings (SSSR count). The maximum absolute atomic E-state index is 12.4. The summed E-state index contributed by atoms with van der Waals surface area (Å²) in [7, 11) is 1.87. The average molecular weight is 256 g/mol. The summed E-state index contributed by atoms with van der Waals surface area (Å²) in [6, 6.07) is 6.27. The normalized spacial score (nSPS) is 10.8. The van der Waals surface area contributed by atoms with E-state index in [1.807, 2.05) is 20.9 Å². The Labute approximate surface area is 114 Å². The van der Waals surface area contributed by atoms with Crippen LogP contribution in [0.2, 0.25) is 0 Å². The average Bonchev–Trinajstić information content (AvgIpc) is 2.51. The van der Waals surface area contributed by atoms with Gasteiger partial charge < -0.3 is 0 Å². The van der Waals surface area contributed by atoms with E-state index in [0.717, 1.165) is 22.5 Å². The summed E-state index contributed by atoms with van der Waals surface area (Å²) in [5, 5.41) is 4.30. The van der Waals surface area contributed by atoms with Crippen molar-refractivity contribution in [2.45, 2.75) is 34.1 Å². The van der Waals surface area contributed by atoms with Gasteiger partial charge in [-0.2, -0.15) is 5.10 Å². The van der Waals surface area contributed by atoms with Crippen LogP contribution < -0.4 is 0 Å². The lowest BCUT2D eigenvalue weighted by Crippen LogP contribution is -2.07. The minimum Gasteiger partial charge on any atom is -0.294 e. The van der Waals surface area contributed by atoms with Crippen LogP contribution in [0.5, 0.6) is 0 Å². The zero-order valence-corrected chi connectivity index (χ0v) is 12.2. The third-order valence-electron chi connectivity index (χ3n) is 3.43. The molecular weight excluding hydrogens is 236 g/mol. The van der Waals surface area contributed by atoms with E-state index < -0.39 is 0 Å². The molecule has 100 valence electrons. The number of aromatic nitrogens is 2. The molecule has 19 heavy (non-hydrogen) atoms. The van der Waals surface area contributed by atoms with Gasteiger partial charge in [-0.3, -0.25) is 9.48 Å². The maximum atomic E-state index is 12.4. The number of nitrogens with zero attached hydrogens (tertiary/aromatic N) is 2. The fourth-order valence-corrected chi connectivity index (χ4v) is 2.62. The van der Waals surface area contributed by atoms with Gasteiger partial charge in [-0.15, -0.1) is 0 Å². The SMILES string of the molecule is Cc1cc(C)cc(CC(=O)c2c(C)nn(C)c2C)c1. The van der Waals surface area contributed by atoms with E-state index in [1.165, 1.54) is 11.1 Å². The molecule has 0 aliphatic rings. The Hall–Kier alpha value is -1.90. The third kappa shape index (κ3) is 2.75. The molecule has 0 saturated heterocycles. The highest BCUT2D eigenvalue weighted by molar-refractivity contribution is 5.99. The summed E-state index contributed by atoms with van der Waals surface area (Å²) in [4.78, 5) is 12.4. The number of hydrogen-bond donors (Lipinski definition) is 0. The highest BCUT2D eigenvalue weighted by Gasteiger charge is 2.17. The van der Waals surface area contributed by atoms with Crippen molar-refractivity contribution in [3.05, 3.63) is 51.8 Å². The number of Topliss-reactive ketones (excluding diaryl/α,β-unsaturated/α-hetero) is 1. The lowest BCUT2D eigenvalue weighted by atomic mass is 9.99. The van der Waals surface area contributed by atoms with Crippen LogP contribution in [-0.4, -0.2) is 15.6 Å². The predicted molar refractivity (Wildman–Crippen MR) is 76.6 cm³/mol. The molecule has 1 heterocycles. The lowest BCUT2D eigenvalue weighted by molar-refractivity contribution is 0.0991. The first-order valence-corrected chi connectivity index (χ1v) is 6.49. The Bertz CT molecular complexity index is 618. The van der Waals surface area contributed by atoms with E-state index in [9.17, 15) is 4.79 Å². The van der Waals surface area contributed by atoms with Crippen molar-refractivity contribution in [2.24, 2.45) is 7.05 Å². The fraction of sp³-hybridized carbons (Fsp3) is 0.375. The quantitative estimate of drug-likeness (QED) is 0.791. The molecule has 2 aromatic rings. The van der Waals surface area contributed by atoms with Gasteiger partial charge in [0.25, 0.3) is 0 Å². The minimum absolute atomic E-state index is 0.146. The van der Waals surface area contributed by atoms with Crippen molar-refractivity contribution in [1.29, 1.82) is 0 Å². The first-order valence-electron chi connectivity index (χ1n) is 6.49. The molecule has 1 aromatic carbocycles. The van der Waals surface area contributed by atoms with Crippen LogP contribution in [0.4, 0.5) is 0 Å². The lowest BCUT2D eigenvalue weighted by Gasteiger charge is -2.05. The molecule has 0 bridgehead atoms. The molecule has 3 nitrogen and oxygen atoms in total. The van der Waals surface area contributed by atoms with E-state index in [4.69, 9.17) is 0 Å². The number of carbonyl (C=O) groups excluding carboxylic acids is 1. The van der Waals surface area contributed by atoms with E-state index in [1.54, 1.807) is 4.68 Å². The molecule has 0 spiro atoms. The van der Waals surface area contributed by atoms with Gasteiger partial charge in [0.05, 0.1) is 11.3 Å². The maximum Gasteiger partial charge on any atom is 0.170 e. The second-order valence-corrected chi connectivity index (χ2v) is 5.27. The molecule has 1 aromatic heterocycles. The molecule has 0 aliphatic carbocycles. The molecule has 0 radical (unpaired) electrons. The van der Waals surface area contributed by atoms with Crippen molar-refractivity contribution in [2.75, 3.05) is 0 Å². The predicted octanol–water partition coefficient (Wildman–Crippen LogP) is 3.08. The van der Waals surface area contributed by atoms with Crippen molar-refractivity contribution in [3.63, 3.8) is 0 Å². The van der Waals surface area contributed by atoms with Crippen molar-refractivity contribution >= 4 is 5.78 Å². The molecule has 0 amide bonds. The largest absolute Gasteiger partial charge is 0.294 e. The molecule has 0 atom stereocenters. The van der Waals surface area contributed by atoms with Gasteiger partial charge in [-0.25, -0.2) is 0 Å². The highest BCUT2D eigenvalue weighted by atomic mass is 16.1. The Balaban J connectivity index is 2.30. The number of aryl methyl sites for hydroxylation is 4. The standard InChI is InChI=1S/C16H20N2O/c1-10-6-11(2)8-14(7-10)9-15(19)16-12(3)17-18(5)13(16)4/h6-8H,9H2,1-5H3. The van der Waals surface area contributed by atoms with E-state index in [0.29, 0.717) is 6.42 Å². The van der Waals surface area contributed by atoms with Crippen LogP contribution in [0.3, 0.4) is 0 Å². The molecular formula is C16H20N2O. The molecule has 0 unspecified atom stereocenters. The topological polar surface area (TPSA) is 34.9 Å². The van der Waals surface area contributed by atoms with Gasteiger partial charge >= 0.3 is 0 Å². The number of hydrogen-bond acceptors (Lipinski definition) is 2. The Morgan fingerprint density at radius 3 is 2.16 bits per heavy atom. The van der Waals surface area contributed by atoms with Crippen LogP contribution in [-0.2, 0) is 13.5 Å². The minimum atomic E-state index is 0.146. The third-order valence-corrected chi connectivity index (χ3v) is 3.43. The van der Waals surface area contributed by atoms with E-state index in [-0.39, 0.29) is 5.78 Å². The van der Waals surface area contributed by atoms with Crippen LogP contribution >= 0.6 is 0 Å². The highest BCUT2D eigenvalue weighted by Crippen LogP contribution is 2.17. The number of rotatable bonds is 3. The van der Waals surface area contributed by atoms with Gasteiger partial charge in [0.2, 0.25) is 0 Å². The Morgan fingerprint density at radius 2 is 1.68 bits per heavy atom. The van der Waals surface area contributed by atoms with Crippen LogP contribution in [0.1, 0.15) is 38.4 Å². The molecule has 3 heteroatoms. The van der Waals surface area contributed by atoms with Gasteiger partial charge in [-0.05, 0) is 33.3 Å². The summed E-state index contributed by atoms with van der Waals surface area (Å²) >= 11 is 0. The zero-order valence-electron chi connectivity index (χ0n) is 12.2. The Morgan fingerprint density at radius 1 is 1.11 bits per heavy atom. The second-order valence-electron chi connectivity index (χ2n) is 5.27. The van der Waals surface area contributed by atoms with Gasteiger partial charge in [0, 0.05) is 19.2 Å². The van der Waals surface area contributed by atoms with Crippen LogP contribution in [0, 0.1) is 27.7 Å². The van der Waals surface area contributed by atoms with Gasteiger partial charge in [0.1, 0.15) is 0 Å². The first-order chi connectivity index (χ1) is 8.88. The smallest absolute Gasteiger partial charge is 0.170 e. The molecule has 0 N–H and O–H groups in total. The summed E-state index contributed by atoms with van der Waals surface area (Å²) in [5.41, 5.74) is 5.98. The van der Waals surface area contributed by atoms with Crippen LogP contribution in [0.15, 0.2) is 18.2 Å². The summed E-state index contributed by atoms with van der Waals surface area (Å²) < 4.78 is 1.77. The van der Waals surface area contributed by atoms with Crippen LogP contribution in [0.25, 0.3) is 0 Å². The molecule has 0 aliphatic heterocycles. The number of benzene rings is 1. The summed E-state index contributed by atoms with van der Waals surface area (Å²) in [6.45, 7) is 7.94. The first kappa shape index (κ1) is 13.5. The van der Waals surface area contributed by atoms with E-state index >= 15 is 0 Å². The second kappa shape index (κ2) is 5.00. The molecule has 0 saturated carbocycles. The van der Waals surface area contributed by atoms with Crippen molar-refractivity contribution in [3.8, 4) is 0 Å². The monoisotopic (exact) mass is 256 g/mol. The van der Waals surface area contributed by atoms with E-state index in [2.05, 4.69) is 37.1 Å². The summed E-state index contributed by atoms with van der Waals surface area (Å²) in [5.74, 6) is 0.146. The number of ketones is 1.